The van der Waals surface area contributed by atoms with Crippen LogP contribution in [0.15, 0.2) is 24.4 Å². The summed E-state index contributed by atoms with van der Waals surface area (Å²) in [6, 6.07) is 4.24. The van der Waals surface area contributed by atoms with E-state index in [1.165, 1.54) is 13.3 Å². The molecular weight excluding hydrogens is 250 g/mol. The van der Waals surface area contributed by atoms with Gasteiger partial charge in [0.2, 0.25) is 5.88 Å². The van der Waals surface area contributed by atoms with Crippen LogP contribution in [0.25, 0.3) is 11.0 Å². The van der Waals surface area contributed by atoms with E-state index in [4.69, 9.17) is 9.84 Å². The fraction of sp³-hybridized carbons (Fsp3) is 0.250. The Morgan fingerprint density at radius 3 is 2.89 bits per heavy atom. The number of ether oxygens (including phenoxy) is 1. The molecule has 2 heterocycles. The molecule has 2 rings (SSSR count). The first kappa shape index (κ1) is 13.0. The van der Waals surface area contributed by atoms with Crippen LogP contribution >= 0.6 is 0 Å². The Labute approximate surface area is 108 Å². The Morgan fingerprint density at radius 1 is 1.47 bits per heavy atom. The third kappa shape index (κ3) is 2.71. The van der Waals surface area contributed by atoms with E-state index in [1.807, 2.05) is 0 Å². The Bertz CT molecular complexity index is 603. The van der Waals surface area contributed by atoms with Crippen molar-refractivity contribution in [2.45, 2.75) is 6.04 Å². The zero-order valence-electron chi connectivity index (χ0n) is 10.2. The summed E-state index contributed by atoms with van der Waals surface area (Å²) in [5.74, 6) is 0.397. The number of nitrogens with one attached hydrogen (secondary N) is 1. The van der Waals surface area contributed by atoms with Gasteiger partial charge in [-0.25, -0.2) is 9.78 Å². The summed E-state index contributed by atoms with van der Waals surface area (Å²) in [6.45, 7) is -0.371. The van der Waals surface area contributed by atoms with Crippen molar-refractivity contribution in [2.75, 3.05) is 13.7 Å². The maximum Gasteiger partial charge on any atom is 0.405 e. The van der Waals surface area contributed by atoms with E-state index in [9.17, 15) is 9.90 Å². The molecule has 0 saturated heterocycles. The van der Waals surface area contributed by atoms with Crippen LogP contribution in [0.5, 0.6) is 5.88 Å². The van der Waals surface area contributed by atoms with Gasteiger partial charge >= 0.3 is 6.09 Å². The first-order valence-corrected chi connectivity index (χ1v) is 5.55. The molecule has 7 heteroatoms. The van der Waals surface area contributed by atoms with Crippen LogP contribution in [-0.4, -0.2) is 40.0 Å². The van der Waals surface area contributed by atoms with Gasteiger partial charge in [0.25, 0.3) is 0 Å². The van der Waals surface area contributed by atoms with E-state index >= 15 is 0 Å². The molecule has 100 valence electrons. The van der Waals surface area contributed by atoms with Crippen LogP contribution in [0.1, 0.15) is 11.6 Å². The fourth-order valence-electron chi connectivity index (χ4n) is 1.79. The molecule has 0 bridgehead atoms. The SMILES string of the molecule is COc1ccc2nccc([C@@H](CO)NC(=O)O)c2n1. The van der Waals surface area contributed by atoms with Crippen LogP contribution in [0, 0.1) is 0 Å². The summed E-state index contributed by atoms with van der Waals surface area (Å²) in [5, 5.41) is 20.3. The highest BCUT2D eigenvalue weighted by Crippen LogP contribution is 2.23. The van der Waals surface area contributed by atoms with Crippen LogP contribution < -0.4 is 10.1 Å². The molecule has 7 nitrogen and oxygen atoms in total. The van der Waals surface area contributed by atoms with E-state index in [-0.39, 0.29) is 6.61 Å². The minimum atomic E-state index is -1.22. The van der Waals surface area contributed by atoms with Crippen LogP contribution in [0.4, 0.5) is 4.79 Å². The lowest BCUT2D eigenvalue weighted by atomic mass is 10.1. The number of hydrogen-bond acceptors (Lipinski definition) is 5. The zero-order valence-corrected chi connectivity index (χ0v) is 10.2. The summed E-state index contributed by atoms with van der Waals surface area (Å²) >= 11 is 0. The number of pyridine rings is 2. The molecule has 19 heavy (non-hydrogen) atoms. The number of nitrogens with zero attached hydrogens (tertiary/aromatic N) is 2. The highest BCUT2D eigenvalue weighted by molar-refractivity contribution is 5.79. The molecule has 1 amide bonds. The molecule has 0 unspecified atom stereocenters. The number of fused-ring (bicyclic) bond motifs is 1. The molecule has 0 fully saturated rings. The molecule has 0 saturated carbocycles. The van der Waals surface area contributed by atoms with E-state index in [0.717, 1.165) is 0 Å². The van der Waals surface area contributed by atoms with Crippen LogP contribution in [0.2, 0.25) is 0 Å². The van der Waals surface area contributed by atoms with Crippen molar-refractivity contribution >= 4 is 17.1 Å². The van der Waals surface area contributed by atoms with Crippen molar-refractivity contribution in [3.8, 4) is 5.88 Å². The number of aliphatic hydroxyl groups excluding tert-OH is 1. The standard InChI is InChI=1S/C12H13N3O4/c1-19-10-3-2-8-11(15-10)7(4-5-13-8)9(6-16)14-12(17)18/h2-5,9,14,16H,6H2,1H3,(H,17,18)/t9-/m1/s1. The van der Waals surface area contributed by atoms with Gasteiger partial charge in [-0.1, -0.05) is 0 Å². The number of methoxy groups -OCH3 is 1. The van der Waals surface area contributed by atoms with E-state index in [1.54, 1.807) is 18.2 Å². The normalized spacial score (nSPS) is 12.1. The third-order valence-electron chi connectivity index (χ3n) is 2.65. The number of hydrogen-bond donors (Lipinski definition) is 3. The monoisotopic (exact) mass is 263 g/mol. The zero-order chi connectivity index (χ0) is 13.8. The summed E-state index contributed by atoms with van der Waals surface area (Å²) in [4.78, 5) is 19.1. The second-order valence-electron chi connectivity index (χ2n) is 3.81. The lowest BCUT2D eigenvalue weighted by Gasteiger charge is -2.16. The van der Waals surface area contributed by atoms with Crippen molar-refractivity contribution in [3.63, 3.8) is 0 Å². The Morgan fingerprint density at radius 2 is 2.26 bits per heavy atom. The number of aromatic nitrogens is 2. The number of amides is 1. The van der Waals surface area contributed by atoms with Gasteiger partial charge in [0, 0.05) is 17.8 Å². The van der Waals surface area contributed by atoms with Crippen molar-refractivity contribution in [1.29, 1.82) is 0 Å². The minimum absolute atomic E-state index is 0.371. The van der Waals surface area contributed by atoms with Gasteiger partial charge in [-0.05, 0) is 12.1 Å². The van der Waals surface area contributed by atoms with Gasteiger partial charge < -0.3 is 20.3 Å². The number of aliphatic hydroxyl groups is 1. The average molecular weight is 263 g/mol. The highest BCUT2D eigenvalue weighted by Gasteiger charge is 2.17. The predicted octanol–water partition coefficient (Wildman–Crippen LogP) is 0.939. The summed E-state index contributed by atoms with van der Waals surface area (Å²) < 4.78 is 5.03. The molecule has 0 aliphatic heterocycles. The van der Waals surface area contributed by atoms with Crippen molar-refractivity contribution in [3.05, 3.63) is 30.0 Å². The van der Waals surface area contributed by atoms with E-state index in [0.29, 0.717) is 22.5 Å². The predicted molar refractivity (Wildman–Crippen MR) is 67.1 cm³/mol. The number of rotatable bonds is 4. The molecular formula is C12H13N3O4. The molecule has 0 radical (unpaired) electrons. The fourth-order valence-corrected chi connectivity index (χ4v) is 1.79. The quantitative estimate of drug-likeness (QED) is 0.758. The maximum absolute atomic E-state index is 10.7. The molecule has 0 aliphatic carbocycles. The number of carboxylic acid groups (broad SMARTS) is 1. The maximum atomic E-state index is 10.7. The van der Waals surface area contributed by atoms with Gasteiger partial charge in [0.1, 0.15) is 0 Å². The molecule has 0 spiro atoms. The number of carbonyl (C=O) groups is 1. The Balaban J connectivity index is 2.54. The first-order valence-electron chi connectivity index (χ1n) is 5.55. The van der Waals surface area contributed by atoms with Crippen molar-refractivity contribution in [2.24, 2.45) is 0 Å². The molecule has 2 aromatic rings. The third-order valence-corrected chi connectivity index (χ3v) is 2.65. The first-order chi connectivity index (χ1) is 9.15. The van der Waals surface area contributed by atoms with Crippen molar-refractivity contribution < 1.29 is 19.7 Å². The lowest BCUT2D eigenvalue weighted by Crippen LogP contribution is -2.29. The smallest absolute Gasteiger partial charge is 0.405 e. The summed E-state index contributed by atoms with van der Waals surface area (Å²) in [7, 11) is 1.49. The van der Waals surface area contributed by atoms with Crippen LogP contribution in [0.3, 0.4) is 0 Å². The van der Waals surface area contributed by atoms with Gasteiger partial charge in [-0.2, -0.15) is 0 Å². The lowest BCUT2D eigenvalue weighted by molar-refractivity contribution is 0.178. The van der Waals surface area contributed by atoms with Crippen molar-refractivity contribution in [1.82, 2.24) is 15.3 Å². The van der Waals surface area contributed by atoms with Gasteiger partial charge in [0.05, 0.1) is 30.8 Å². The average Bonchev–Trinajstić information content (AvgIpc) is 2.43. The largest absolute Gasteiger partial charge is 0.481 e. The summed E-state index contributed by atoms with van der Waals surface area (Å²) in [6.07, 6.45) is 0.324. The van der Waals surface area contributed by atoms with E-state index in [2.05, 4.69) is 15.3 Å². The van der Waals surface area contributed by atoms with E-state index < -0.39 is 12.1 Å². The molecule has 0 aromatic carbocycles. The second-order valence-corrected chi connectivity index (χ2v) is 3.81. The topological polar surface area (TPSA) is 105 Å². The molecule has 1 atom stereocenters. The van der Waals surface area contributed by atoms with Gasteiger partial charge in [-0.3, -0.25) is 4.98 Å². The Hall–Kier alpha value is -2.41. The second kappa shape index (κ2) is 5.49. The summed E-state index contributed by atoms with van der Waals surface area (Å²) in [5.41, 5.74) is 1.65. The minimum Gasteiger partial charge on any atom is -0.481 e. The molecule has 3 N–H and O–H groups in total. The molecule has 0 aliphatic rings. The molecule has 2 aromatic heterocycles. The highest BCUT2D eigenvalue weighted by atomic mass is 16.5. The van der Waals surface area contributed by atoms with Gasteiger partial charge in [0.15, 0.2) is 0 Å². The Kier molecular flexibility index (Phi) is 3.76. The van der Waals surface area contributed by atoms with Gasteiger partial charge in [-0.15, -0.1) is 0 Å². The van der Waals surface area contributed by atoms with Crippen LogP contribution in [-0.2, 0) is 0 Å².